The topological polar surface area (TPSA) is 67.2 Å². The Morgan fingerprint density at radius 1 is 1.50 bits per heavy atom. The first-order chi connectivity index (χ1) is 8.31. The van der Waals surface area contributed by atoms with Crippen LogP contribution in [0.3, 0.4) is 0 Å². The highest BCUT2D eigenvalue weighted by atomic mass is 16.4. The molecule has 0 amide bonds. The van der Waals surface area contributed by atoms with Crippen LogP contribution in [0.1, 0.15) is 44.5 Å². The molecule has 0 radical (unpaired) electrons. The molecule has 2 atom stereocenters. The maximum Gasteiger partial charge on any atom is 0.320 e. The van der Waals surface area contributed by atoms with Crippen molar-refractivity contribution in [2.24, 2.45) is 13.0 Å². The van der Waals surface area contributed by atoms with Gasteiger partial charge in [0.15, 0.2) is 0 Å². The van der Waals surface area contributed by atoms with Crippen LogP contribution in [0.15, 0.2) is 6.20 Å². The Morgan fingerprint density at radius 3 is 2.50 bits per heavy atom. The molecule has 5 heteroatoms. The van der Waals surface area contributed by atoms with Crippen LogP contribution in [-0.2, 0) is 11.8 Å². The molecule has 0 bridgehead atoms. The summed E-state index contributed by atoms with van der Waals surface area (Å²) in [7, 11) is 1.87. The maximum absolute atomic E-state index is 11.2. The third kappa shape index (κ3) is 3.84. The molecule has 0 saturated carbocycles. The first-order valence-electron chi connectivity index (χ1n) is 6.30. The van der Waals surface area contributed by atoms with Crippen molar-refractivity contribution in [1.29, 1.82) is 0 Å². The molecule has 0 aliphatic carbocycles. The molecule has 102 valence electrons. The van der Waals surface area contributed by atoms with E-state index in [2.05, 4.69) is 10.4 Å². The SMILES string of the molecule is Cc1nn(C)cc1C(C)NC(CC(C)C)C(=O)O. The predicted molar refractivity (Wildman–Crippen MR) is 70.4 cm³/mol. The fraction of sp³-hybridized carbons (Fsp3) is 0.692. The zero-order valence-corrected chi connectivity index (χ0v) is 11.8. The van der Waals surface area contributed by atoms with E-state index in [4.69, 9.17) is 0 Å². The number of hydrogen-bond donors (Lipinski definition) is 2. The summed E-state index contributed by atoms with van der Waals surface area (Å²) in [5.41, 5.74) is 1.98. The minimum Gasteiger partial charge on any atom is -0.480 e. The van der Waals surface area contributed by atoms with Crippen LogP contribution in [0.4, 0.5) is 0 Å². The van der Waals surface area contributed by atoms with E-state index in [9.17, 15) is 9.90 Å². The number of nitrogens with one attached hydrogen (secondary N) is 1. The number of hydrogen-bond acceptors (Lipinski definition) is 3. The summed E-state index contributed by atoms with van der Waals surface area (Å²) < 4.78 is 1.75. The van der Waals surface area contributed by atoms with Gasteiger partial charge in [-0.05, 0) is 26.2 Å². The van der Waals surface area contributed by atoms with Gasteiger partial charge >= 0.3 is 5.97 Å². The van der Waals surface area contributed by atoms with Crippen LogP contribution in [0.5, 0.6) is 0 Å². The Kier molecular flexibility index (Phi) is 4.90. The molecule has 1 aromatic heterocycles. The van der Waals surface area contributed by atoms with Crippen LogP contribution in [-0.4, -0.2) is 26.9 Å². The largest absolute Gasteiger partial charge is 0.480 e. The van der Waals surface area contributed by atoms with E-state index in [1.165, 1.54) is 0 Å². The Labute approximate surface area is 108 Å². The van der Waals surface area contributed by atoms with Crippen molar-refractivity contribution in [1.82, 2.24) is 15.1 Å². The molecule has 0 fully saturated rings. The summed E-state index contributed by atoms with van der Waals surface area (Å²) in [6.45, 7) is 7.96. The van der Waals surface area contributed by atoms with Gasteiger partial charge in [-0.1, -0.05) is 13.8 Å². The van der Waals surface area contributed by atoms with Crippen LogP contribution < -0.4 is 5.32 Å². The van der Waals surface area contributed by atoms with Crippen molar-refractivity contribution >= 4 is 5.97 Å². The van der Waals surface area contributed by atoms with Gasteiger partial charge in [0.2, 0.25) is 0 Å². The van der Waals surface area contributed by atoms with E-state index in [0.717, 1.165) is 11.3 Å². The lowest BCUT2D eigenvalue weighted by Crippen LogP contribution is -2.39. The summed E-state index contributed by atoms with van der Waals surface area (Å²) in [4.78, 5) is 11.2. The number of rotatable bonds is 6. The maximum atomic E-state index is 11.2. The van der Waals surface area contributed by atoms with E-state index in [-0.39, 0.29) is 6.04 Å². The second-order valence-electron chi connectivity index (χ2n) is 5.25. The molecule has 1 aromatic rings. The molecule has 2 unspecified atom stereocenters. The average Bonchev–Trinajstić information content (AvgIpc) is 2.56. The van der Waals surface area contributed by atoms with E-state index < -0.39 is 12.0 Å². The van der Waals surface area contributed by atoms with Crippen molar-refractivity contribution in [3.8, 4) is 0 Å². The van der Waals surface area contributed by atoms with Crippen molar-refractivity contribution in [2.45, 2.75) is 46.2 Å². The van der Waals surface area contributed by atoms with Gasteiger partial charge in [0.05, 0.1) is 5.69 Å². The summed E-state index contributed by atoms with van der Waals surface area (Å²) in [6, 6.07) is -0.529. The average molecular weight is 253 g/mol. The highest BCUT2D eigenvalue weighted by Gasteiger charge is 2.22. The van der Waals surface area contributed by atoms with E-state index in [0.29, 0.717) is 12.3 Å². The zero-order valence-electron chi connectivity index (χ0n) is 11.8. The summed E-state index contributed by atoms with van der Waals surface area (Å²) in [5, 5.41) is 16.6. The smallest absolute Gasteiger partial charge is 0.320 e. The number of nitrogens with zero attached hydrogens (tertiary/aromatic N) is 2. The predicted octanol–water partition coefficient (Wildman–Crippen LogP) is 1.88. The van der Waals surface area contributed by atoms with Crippen molar-refractivity contribution in [3.63, 3.8) is 0 Å². The zero-order chi connectivity index (χ0) is 13.9. The number of carboxylic acid groups (broad SMARTS) is 1. The molecule has 0 aliphatic heterocycles. The normalized spacial score (nSPS) is 14.8. The fourth-order valence-electron chi connectivity index (χ4n) is 2.15. The van der Waals surface area contributed by atoms with Gasteiger partial charge in [-0.25, -0.2) is 0 Å². The molecule has 1 heterocycles. The van der Waals surface area contributed by atoms with E-state index in [1.807, 2.05) is 40.9 Å². The number of carbonyl (C=O) groups is 1. The monoisotopic (exact) mass is 253 g/mol. The number of aliphatic carboxylic acids is 1. The molecule has 0 spiro atoms. The standard InChI is InChI=1S/C13H23N3O2/c1-8(2)6-12(13(17)18)14-9(3)11-7-16(5)15-10(11)4/h7-9,12,14H,6H2,1-5H3,(H,17,18). The van der Waals surface area contributed by atoms with Gasteiger partial charge in [0, 0.05) is 24.8 Å². The molecule has 0 aliphatic rings. The lowest BCUT2D eigenvalue weighted by molar-refractivity contribution is -0.140. The van der Waals surface area contributed by atoms with Crippen molar-refractivity contribution < 1.29 is 9.90 Å². The summed E-state index contributed by atoms with van der Waals surface area (Å²) in [6.07, 6.45) is 2.56. The van der Waals surface area contributed by atoms with E-state index in [1.54, 1.807) is 4.68 Å². The fourth-order valence-corrected chi connectivity index (χ4v) is 2.15. The first kappa shape index (κ1) is 14.7. The molecule has 18 heavy (non-hydrogen) atoms. The van der Waals surface area contributed by atoms with Gasteiger partial charge < -0.3 is 5.11 Å². The molecular weight excluding hydrogens is 230 g/mol. The Bertz CT molecular complexity index is 412. The Hall–Kier alpha value is -1.36. The van der Waals surface area contributed by atoms with Crippen molar-refractivity contribution in [2.75, 3.05) is 0 Å². The number of carboxylic acids is 1. The third-order valence-corrected chi connectivity index (χ3v) is 2.97. The minimum absolute atomic E-state index is 0.0152. The van der Waals surface area contributed by atoms with Gasteiger partial charge in [-0.15, -0.1) is 0 Å². The first-order valence-corrected chi connectivity index (χ1v) is 6.30. The summed E-state index contributed by atoms with van der Waals surface area (Å²) in [5.74, 6) is -0.446. The van der Waals surface area contributed by atoms with Crippen LogP contribution in [0.2, 0.25) is 0 Å². The Morgan fingerprint density at radius 2 is 2.11 bits per heavy atom. The highest BCUT2D eigenvalue weighted by molar-refractivity contribution is 5.73. The van der Waals surface area contributed by atoms with Gasteiger partial charge in [-0.3, -0.25) is 14.8 Å². The molecule has 1 rings (SSSR count). The lowest BCUT2D eigenvalue weighted by Gasteiger charge is -2.21. The van der Waals surface area contributed by atoms with Crippen molar-refractivity contribution in [3.05, 3.63) is 17.5 Å². The lowest BCUT2D eigenvalue weighted by atomic mass is 10.0. The van der Waals surface area contributed by atoms with Crippen LogP contribution in [0.25, 0.3) is 0 Å². The Balaban J connectivity index is 2.75. The number of aromatic nitrogens is 2. The third-order valence-electron chi connectivity index (χ3n) is 2.97. The van der Waals surface area contributed by atoms with Crippen LogP contribution in [0, 0.1) is 12.8 Å². The van der Waals surface area contributed by atoms with Gasteiger partial charge in [-0.2, -0.15) is 5.10 Å². The second-order valence-corrected chi connectivity index (χ2v) is 5.25. The second kappa shape index (κ2) is 6.00. The van der Waals surface area contributed by atoms with Gasteiger partial charge in [0.25, 0.3) is 0 Å². The molecule has 5 nitrogen and oxygen atoms in total. The minimum atomic E-state index is -0.794. The van der Waals surface area contributed by atoms with E-state index >= 15 is 0 Å². The van der Waals surface area contributed by atoms with Gasteiger partial charge in [0.1, 0.15) is 6.04 Å². The molecule has 0 saturated heterocycles. The highest BCUT2D eigenvalue weighted by Crippen LogP contribution is 2.17. The number of aryl methyl sites for hydroxylation is 2. The quantitative estimate of drug-likeness (QED) is 0.812. The molecule has 2 N–H and O–H groups in total. The van der Waals surface area contributed by atoms with Crippen LogP contribution >= 0.6 is 0 Å². The molecular formula is C13H23N3O2. The molecule has 0 aromatic carbocycles. The summed E-state index contributed by atoms with van der Waals surface area (Å²) >= 11 is 0.